The topological polar surface area (TPSA) is 52.9 Å². The highest BCUT2D eigenvalue weighted by Crippen LogP contribution is 2.28. The minimum absolute atomic E-state index is 0.256. The van der Waals surface area contributed by atoms with Gasteiger partial charge in [-0.05, 0) is 12.1 Å². The Bertz CT molecular complexity index is 432. The largest absolute Gasteiger partial charge is 0.324 e. The fourth-order valence-electron chi connectivity index (χ4n) is 1.11. The van der Waals surface area contributed by atoms with Crippen molar-refractivity contribution in [2.24, 2.45) is 0 Å². The molecule has 0 unspecified atom stereocenters. The van der Waals surface area contributed by atoms with Crippen LogP contribution >= 0.6 is 11.8 Å². The Kier molecular flexibility index (Phi) is 5.43. The van der Waals surface area contributed by atoms with Gasteiger partial charge in [0, 0.05) is 4.90 Å². The van der Waals surface area contributed by atoms with Gasteiger partial charge in [-0.15, -0.1) is 11.8 Å². The number of para-hydroxylation sites is 1. The van der Waals surface area contributed by atoms with Gasteiger partial charge in [0.2, 0.25) is 12.3 Å². The maximum atomic E-state index is 12.1. The summed E-state index contributed by atoms with van der Waals surface area (Å²) in [6.07, 6.45) is -2.66. The Hall–Kier alpha value is -1.61. The highest BCUT2D eigenvalue weighted by molar-refractivity contribution is 7.99. The molecule has 0 aliphatic heterocycles. The second-order valence-electron chi connectivity index (χ2n) is 3.08. The molecule has 1 aromatic carbocycles. The molecular weight excluding hydrogens is 246 g/mol. The minimum atomic E-state index is -2.40. The number of benzene rings is 1. The summed E-state index contributed by atoms with van der Waals surface area (Å²) in [5.74, 6) is -0.775. The molecule has 0 bridgehead atoms. The van der Waals surface area contributed by atoms with E-state index in [0.29, 0.717) is 10.6 Å². The molecule has 0 atom stereocenters. The predicted octanol–water partition coefficient (Wildman–Crippen LogP) is 2.90. The number of carbonyl (C=O) groups excluding carboxylic acids is 1. The van der Waals surface area contributed by atoms with Gasteiger partial charge in [0.25, 0.3) is 0 Å². The number of thioether (sulfide) groups is 1. The Labute approximate surface area is 102 Å². The lowest BCUT2D eigenvalue weighted by atomic mass is 10.3. The number of rotatable bonds is 5. The summed E-state index contributed by atoms with van der Waals surface area (Å²) < 4.78 is 24.2. The van der Waals surface area contributed by atoms with Crippen LogP contribution in [0.2, 0.25) is 0 Å². The van der Waals surface area contributed by atoms with Crippen molar-refractivity contribution in [1.29, 1.82) is 5.26 Å². The molecule has 0 spiro atoms. The average Bonchev–Trinajstić information content (AvgIpc) is 2.28. The predicted molar refractivity (Wildman–Crippen MR) is 62.0 cm³/mol. The van der Waals surface area contributed by atoms with E-state index in [1.54, 1.807) is 30.3 Å². The van der Waals surface area contributed by atoms with Crippen molar-refractivity contribution >= 4 is 23.4 Å². The number of amides is 1. The van der Waals surface area contributed by atoms with Crippen LogP contribution < -0.4 is 5.32 Å². The van der Waals surface area contributed by atoms with Gasteiger partial charge in [-0.25, -0.2) is 8.78 Å². The van der Waals surface area contributed by atoms with Crippen molar-refractivity contribution in [3.8, 4) is 6.07 Å². The third-order valence-corrected chi connectivity index (χ3v) is 2.85. The standard InChI is InChI=1S/C11H10F2N2OS/c12-10(13)7-17-9-4-2-1-3-8(9)15-11(16)5-6-14/h1-4,10H,5,7H2,(H,15,16). The molecule has 0 aromatic heterocycles. The zero-order valence-corrected chi connectivity index (χ0v) is 9.64. The maximum Gasteiger partial charge on any atom is 0.247 e. The Morgan fingerprint density at radius 2 is 2.18 bits per heavy atom. The molecule has 1 rings (SSSR count). The van der Waals surface area contributed by atoms with E-state index in [0.717, 1.165) is 11.8 Å². The first-order valence-electron chi connectivity index (χ1n) is 4.80. The van der Waals surface area contributed by atoms with Crippen molar-refractivity contribution < 1.29 is 13.6 Å². The number of hydrogen-bond acceptors (Lipinski definition) is 3. The Morgan fingerprint density at radius 1 is 1.47 bits per heavy atom. The number of nitriles is 1. The minimum Gasteiger partial charge on any atom is -0.324 e. The highest BCUT2D eigenvalue weighted by Gasteiger charge is 2.09. The zero-order chi connectivity index (χ0) is 12.7. The van der Waals surface area contributed by atoms with Gasteiger partial charge < -0.3 is 5.32 Å². The van der Waals surface area contributed by atoms with E-state index in [2.05, 4.69) is 5.32 Å². The third kappa shape index (κ3) is 4.83. The molecular formula is C11H10F2N2OS. The summed E-state index contributed by atoms with van der Waals surface area (Å²) in [5, 5.41) is 10.9. The van der Waals surface area contributed by atoms with Gasteiger partial charge >= 0.3 is 0 Å². The summed E-state index contributed by atoms with van der Waals surface area (Å²) in [5.41, 5.74) is 0.457. The lowest BCUT2D eigenvalue weighted by Crippen LogP contribution is -2.11. The van der Waals surface area contributed by atoms with Crippen molar-refractivity contribution in [3.63, 3.8) is 0 Å². The molecule has 0 fully saturated rings. The van der Waals surface area contributed by atoms with Crippen LogP contribution in [0.15, 0.2) is 29.2 Å². The Balaban J connectivity index is 2.71. The number of carbonyl (C=O) groups is 1. The van der Waals surface area contributed by atoms with Crippen LogP contribution in [0.4, 0.5) is 14.5 Å². The molecule has 90 valence electrons. The first kappa shape index (κ1) is 13.5. The normalized spacial score (nSPS) is 10.0. The van der Waals surface area contributed by atoms with Gasteiger partial charge in [-0.2, -0.15) is 5.26 Å². The molecule has 6 heteroatoms. The molecule has 3 nitrogen and oxygen atoms in total. The van der Waals surface area contributed by atoms with Crippen LogP contribution in [0.25, 0.3) is 0 Å². The number of halogens is 2. The molecule has 0 aliphatic rings. The van der Waals surface area contributed by atoms with E-state index in [1.165, 1.54) is 0 Å². The van der Waals surface area contributed by atoms with Gasteiger partial charge in [0.05, 0.1) is 17.5 Å². The second kappa shape index (κ2) is 6.86. The van der Waals surface area contributed by atoms with Crippen LogP contribution in [0.1, 0.15) is 6.42 Å². The molecule has 0 saturated heterocycles. The van der Waals surface area contributed by atoms with E-state index in [4.69, 9.17) is 5.26 Å². The molecule has 0 heterocycles. The maximum absolute atomic E-state index is 12.1. The molecule has 1 aromatic rings. The van der Waals surface area contributed by atoms with Crippen LogP contribution in [-0.4, -0.2) is 18.1 Å². The fourth-order valence-corrected chi connectivity index (χ4v) is 1.87. The molecule has 0 saturated carbocycles. The van der Waals surface area contributed by atoms with E-state index >= 15 is 0 Å². The summed E-state index contributed by atoms with van der Waals surface area (Å²) in [4.78, 5) is 11.8. The van der Waals surface area contributed by atoms with Crippen molar-refractivity contribution in [2.45, 2.75) is 17.7 Å². The SMILES string of the molecule is N#CCC(=O)Nc1ccccc1SCC(F)F. The van der Waals surface area contributed by atoms with Gasteiger partial charge in [-0.3, -0.25) is 4.79 Å². The third-order valence-electron chi connectivity index (χ3n) is 1.77. The molecule has 1 N–H and O–H groups in total. The summed E-state index contributed by atoms with van der Waals surface area (Å²) >= 11 is 0.968. The number of nitrogens with one attached hydrogen (secondary N) is 1. The van der Waals surface area contributed by atoms with E-state index in [9.17, 15) is 13.6 Å². The zero-order valence-electron chi connectivity index (χ0n) is 8.82. The second-order valence-corrected chi connectivity index (χ2v) is 4.14. The van der Waals surface area contributed by atoms with Gasteiger partial charge in [-0.1, -0.05) is 12.1 Å². The Morgan fingerprint density at radius 3 is 2.82 bits per heavy atom. The summed E-state index contributed by atoms with van der Waals surface area (Å²) in [6.45, 7) is 0. The lowest BCUT2D eigenvalue weighted by Gasteiger charge is -2.09. The molecule has 1 amide bonds. The summed E-state index contributed by atoms with van der Waals surface area (Å²) in [6, 6.07) is 8.37. The molecule has 0 aliphatic carbocycles. The number of alkyl halides is 2. The first-order valence-corrected chi connectivity index (χ1v) is 5.79. The highest BCUT2D eigenvalue weighted by atomic mass is 32.2. The van der Waals surface area contributed by atoms with E-state index in [-0.39, 0.29) is 12.2 Å². The number of hydrogen-bond donors (Lipinski definition) is 1. The van der Waals surface area contributed by atoms with Crippen molar-refractivity contribution in [3.05, 3.63) is 24.3 Å². The van der Waals surface area contributed by atoms with Crippen LogP contribution in [0.5, 0.6) is 0 Å². The van der Waals surface area contributed by atoms with Gasteiger partial charge in [0.15, 0.2) is 0 Å². The first-order chi connectivity index (χ1) is 8.13. The molecule has 17 heavy (non-hydrogen) atoms. The average molecular weight is 256 g/mol. The van der Waals surface area contributed by atoms with Crippen LogP contribution in [0.3, 0.4) is 0 Å². The fraction of sp³-hybridized carbons (Fsp3) is 0.273. The monoisotopic (exact) mass is 256 g/mol. The van der Waals surface area contributed by atoms with E-state index < -0.39 is 12.3 Å². The van der Waals surface area contributed by atoms with Crippen LogP contribution in [0, 0.1) is 11.3 Å². The molecule has 0 radical (unpaired) electrons. The number of anilines is 1. The van der Waals surface area contributed by atoms with Crippen molar-refractivity contribution in [1.82, 2.24) is 0 Å². The quantitative estimate of drug-likeness (QED) is 0.824. The smallest absolute Gasteiger partial charge is 0.247 e. The van der Waals surface area contributed by atoms with E-state index in [1.807, 2.05) is 0 Å². The van der Waals surface area contributed by atoms with Gasteiger partial charge in [0.1, 0.15) is 6.42 Å². The number of nitrogens with zero attached hydrogens (tertiary/aromatic N) is 1. The van der Waals surface area contributed by atoms with Crippen LogP contribution in [-0.2, 0) is 4.79 Å². The lowest BCUT2D eigenvalue weighted by molar-refractivity contribution is -0.115. The summed E-state index contributed by atoms with van der Waals surface area (Å²) in [7, 11) is 0. The van der Waals surface area contributed by atoms with Crippen molar-refractivity contribution in [2.75, 3.05) is 11.1 Å².